The van der Waals surface area contributed by atoms with Crippen LogP contribution in [0.3, 0.4) is 0 Å². The van der Waals surface area contributed by atoms with E-state index in [4.69, 9.17) is 0 Å². The zero-order chi connectivity index (χ0) is 11.4. The van der Waals surface area contributed by atoms with E-state index >= 15 is 0 Å². The maximum Gasteiger partial charge on any atom is 0.217 e. The summed E-state index contributed by atoms with van der Waals surface area (Å²) in [5, 5.41) is 12.0. The molecule has 0 fully saturated rings. The van der Waals surface area contributed by atoms with Crippen molar-refractivity contribution in [2.24, 2.45) is 0 Å². The van der Waals surface area contributed by atoms with Gasteiger partial charge in [-0.15, -0.1) is 0 Å². The Hall–Kier alpha value is -1.35. The highest BCUT2D eigenvalue weighted by Crippen LogP contribution is 2.18. The average molecular weight is 207 g/mol. The number of aryl methyl sites for hydroxylation is 2. The van der Waals surface area contributed by atoms with Crippen LogP contribution < -0.4 is 5.32 Å². The van der Waals surface area contributed by atoms with Crippen molar-refractivity contribution in [3.63, 3.8) is 0 Å². The smallest absolute Gasteiger partial charge is 0.217 e. The first-order chi connectivity index (χ1) is 7.04. The van der Waals surface area contributed by atoms with Crippen molar-refractivity contribution in [3.05, 3.63) is 34.9 Å². The topological polar surface area (TPSA) is 49.3 Å². The largest absolute Gasteiger partial charge is 0.394 e. The van der Waals surface area contributed by atoms with E-state index in [0.717, 1.165) is 16.7 Å². The highest BCUT2D eigenvalue weighted by atomic mass is 16.3. The van der Waals surface area contributed by atoms with Crippen LogP contribution in [-0.2, 0) is 4.79 Å². The van der Waals surface area contributed by atoms with E-state index in [-0.39, 0.29) is 18.6 Å². The molecule has 1 rings (SSSR count). The summed E-state index contributed by atoms with van der Waals surface area (Å²) in [4.78, 5) is 11.0. The Morgan fingerprint density at radius 1 is 1.47 bits per heavy atom. The molecular formula is C12H17NO2. The quantitative estimate of drug-likeness (QED) is 0.788. The second-order valence-electron chi connectivity index (χ2n) is 3.80. The van der Waals surface area contributed by atoms with Gasteiger partial charge in [0.1, 0.15) is 0 Å². The van der Waals surface area contributed by atoms with Gasteiger partial charge in [0.2, 0.25) is 5.91 Å². The van der Waals surface area contributed by atoms with Crippen molar-refractivity contribution in [2.45, 2.75) is 26.8 Å². The van der Waals surface area contributed by atoms with E-state index in [2.05, 4.69) is 5.32 Å². The molecule has 0 radical (unpaired) electrons. The molecule has 3 heteroatoms. The summed E-state index contributed by atoms with van der Waals surface area (Å²) < 4.78 is 0. The first kappa shape index (κ1) is 11.7. The number of benzene rings is 1. The lowest BCUT2D eigenvalue weighted by molar-refractivity contribution is -0.120. The Morgan fingerprint density at radius 3 is 2.67 bits per heavy atom. The summed E-state index contributed by atoms with van der Waals surface area (Å²) in [5.41, 5.74) is 3.18. The lowest BCUT2D eigenvalue weighted by atomic mass is 9.99. The van der Waals surface area contributed by atoms with Crippen LogP contribution in [0.5, 0.6) is 0 Å². The molecule has 0 saturated heterocycles. The van der Waals surface area contributed by atoms with Gasteiger partial charge in [-0.2, -0.15) is 0 Å². The summed E-state index contributed by atoms with van der Waals surface area (Å²) >= 11 is 0. The Morgan fingerprint density at radius 2 is 2.13 bits per heavy atom. The second-order valence-corrected chi connectivity index (χ2v) is 3.80. The molecule has 15 heavy (non-hydrogen) atoms. The maximum atomic E-state index is 11.0. The molecule has 1 aromatic rings. The molecule has 2 N–H and O–H groups in total. The maximum absolute atomic E-state index is 11.0. The Balaban J connectivity index is 3.00. The Bertz CT molecular complexity index is 361. The average Bonchev–Trinajstić information content (AvgIpc) is 2.18. The first-order valence-electron chi connectivity index (χ1n) is 4.99. The van der Waals surface area contributed by atoms with Gasteiger partial charge in [0.05, 0.1) is 12.6 Å². The molecule has 1 amide bonds. The van der Waals surface area contributed by atoms with Gasteiger partial charge in [-0.3, -0.25) is 4.79 Å². The van der Waals surface area contributed by atoms with E-state index in [1.54, 1.807) is 0 Å². The van der Waals surface area contributed by atoms with E-state index in [9.17, 15) is 9.90 Å². The Labute approximate surface area is 90.1 Å². The molecule has 0 aromatic heterocycles. The highest BCUT2D eigenvalue weighted by Gasteiger charge is 2.13. The number of hydrogen-bond donors (Lipinski definition) is 2. The summed E-state index contributed by atoms with van der Waals surface area (Å²) in [6.45, 7) is 5.34. The number of aliphatic hydroxyl groups excluding tert-OH is 1. The van der Waals surface area contributed by atoms with Crippen molar-refractivity contribution in [2.75, 3.05) is 6.61 Å². The van der Waals surface area contributed by atoms with Crippen molar-refractivity contribution in [1.29, 1.82) is 0 Å². The molecular weight excluding hydrogens is 190 g/mol. The fourth-order valence-corrected chi connectivity index (χ4v) is 1.60. The van der Waals surface area contributed by atoms with Crippen LogP contribution in [0.1, 0.15) is 29.7 Å². The molecule has 82 valence electrons. The monoisotopic (exact) mass is 207 g/mol. The zero-order valence-corrected chi connectivity index (χ0v) is 9.37. The minimum atomic E-state index is -0.303. The summed E-state index contributed by atoms with van der Waals surface area (Å²) in [6, 6.07) is 5.70. The third kappa shape index (κ3) is 3.06. The van der Waals surface area contributed by atoms with Gasteiger partial charge in [-0.25, -0.2) is 0 Å². The number of rotatable bonds is 3. The van der Waals surface area contributed by atoms with Crippen LogP contribution >= 0.6 is 0 Å². The van der Waals surface area contributed by atoms with E-state index in [1.807, 2.05) is 32.0 Å². The van der Waals surface area contributed by atoms with E-state index < -0.39 is 0 Å². The SMILES string of the molecule is CC(=O)NC(CO)c1cc(C)ccc1C. The lowest BCUT2D eigenvalue weighted by Crippen LogP contribution is -2.29. The van der Waals surface area contributed by atoms with Crippen molar-refractivity contribution in [3.8, 4) is 0 Å². The summed E-state index contributed by atoms with van der Waals surface area (Å²) in [5.74, 6) is -0.130. The van der Waals surface area contributed by atoms with Crippen LogP contribution in [0.4, 0.5) is 0 Å². The predicted octanol–water partition coefficient (Wildman–Crippen LogP) is 1.47. The minimum Gasteiger partial charge on any atom is -0.394 e. The van der Waals surface area contributed by atoms with Crippen LogP contribution in [0.2, 0.25) is 0 Å². The normalized spacial score (nSPS) is 12.3. The molecule has 1 unspecified atom stereocenters. The second kappa shape index (κ2) is 4.94. The number of amides is 1. The number of carbonyl (C=O) groups excluding carboxylic acids is 1. The van der Waals surface area contributed by atoms with Crippen LogP contribution in [-0.4, -0.2) is 17.6 Å². The predicted molar refractivity (Wildman–Crippen MR) is 59.6 cm³/mol. The molecule has 0 aliphatic rings. The minimum absolute atomic E-state index is 0.0795. The van der Waals surface area contributed by atoms with Crippen molar-refractivity contribution >= 4 is 5.91 Å². The number of carbonyl (C=O) groups is 1. The highest BCUT2D eigenvalue weighted by molar-refractivity contribution is 5.73. The van der Waals surface area contributed by atoms with Gasteiger partial charge in [-0.05, 0) is 25.0 Å². The summed E-state index contributed by atoms with van der Waals surface area (Å²) in [6.07, 6.45) is 0. The summed E-state index contributed by atoms with van der Waals surface area (Å²) in [7, 11) is 0. The fraction of sp³-hybridized carbons (Fsp3) is 0.417. The zero-order valence-electron chi connectivity index (χ0n) is 9.37. The third-order valence-corrected chi connectivity index (χ3v) is 2.37. The molecule has 0 spiro atoms. The van der Waals surface area contributed by atoms with Gasteiger partial charge in [-0.1, -0.05) is 23.8 Å². The van der Waals surface area contributed by atoms with Gasteiger partial charge in [0.15, 0.2) is 0 Å². The van der Waals surface area contributed by atoms with Crippen LogP contribution in [0.25, 0.3) is 0 Å². The van der Waals surface area contributed by atoms with Gasteiger partial charge in [0.25, 0.3) is 0 Å². The molecule has 0 saturated carbocycles. The lowest BCUT2D eigenvalue weighted by Gasteiger charge is -2.18. The van der Waals surface area contributed by atoms with Gasteiger partial charge < -0.3 is 10.4 Å². The van der Waals surface area contributed by atoms with Crippen LogP contribution in [0.15, 0.2) is 18.2 Å². The molecule has 0 aliphatic carbocycles. The van der Waals surface area contributed by atoms with Crippen molar-refractivity contribution < 1.29 is 9.90 Å². The fourth-order valence-electron chi connectivity index (χ4n) is 1.60. The standard InChI is InChI=1S/C12H17NO2/c1-8-4-5-9(2)11(6-8)12(7-14)13-10(3)15/h4-6,12,14H,7H2,1-3H3,(H,13,15). The third-order valence-electron chi connectivity index (χ3n) is 2.37. The van der Waals surface area contributed by atoms with Crippen molar-refractivity contribution in [1.82, 2.24) is 5.32 Å². The number of aliphatic hydroxyl groups is 1. The first-order valence-corrected chi connectivity index (χ1v) is 4.99. The van der Waals surface area contributed by atoms with Crippen LogP contribution in [0, 0.1) is 13.8 Å². The number of hydrogen-bond acceptors (Lipinski definition) is 2. The molecule has 0 aliphatic heterocycles. The van der Waals surface area contributed by atoms with E-state index in [0.29, 0.717) is 0 Å². The molecule has 3 nitrogen and oxygen atoms in total. The molecule has 1 atom stereocenters. The van der Waals surface area contributed by atoms with Gasteiger partial charge >= 0.3 is 0 Å². The molecule has 0 bridgehead atoms. The molecule has 0 heterocycles. The Kier molecular flexibility index (Phi) is 3.86. The van der Waals surface area contributed by atoms with Gasteiger partial charge in [0, 0.05) is 6.92 Å². The molecule has 1 aromatic carbocycles. The van der Waals surface area contributed by atoms with E-state index in [1.165, 1.54) is 6.92 Å². The number of nitrogens with one attached hydrogen (secondary N) is 1.